The van der Waals surface area contributed by atoms with E-state index in [0.29, 0.717) is 5.82 Å². The van der Waals surface area contributed by atoms with E-state index in [1.54, 1.807) is 31.5 Å². The van der Waals surface area contributed by atoms with Gasteiger partial charge in [0.2, 0.25) is 17.7 Å². The quantitative estimate of drug-likeness (QED) is 0.529. The maximum Gasteiger partial charge on any atom is 0.247 e. The van der Waals surface area contributed by atoms with Gasteiger partial charge in [0.25, 0.3) is 0 Å². The van der Waals surface area contributed by atoms with E-state index >= 15 is 0 Å². The smallest absolute Gasteiger partial charge is 0.247 e. The van der Waals surface area contributed by atoms with Gasteiger partial charge in [-0.15, -0.1) is 0 Å². The molecule has 1 fully saturated rings. The van der Waals surface area contributed by atoms with Crippen molar-refractivity contribution >= 4 is 23.5 Å². The Kier molecular flexibility index (Phi) is 9.58. The number of nitrogens with one attached hydrogen (secondary N) is 2. The SMILES string of the molecule is COCCN(C(=O)CCC(=O)Nc1ccccn1)[C@@H](C(=O)NC1CCCC1)c1ccc(C)cc1. The van der Waals surface area contributed by atoms with E-state index in [9.17, 15) is 14.4 Å². The Labute approximate surface area is 201 Å². The molecule has 1 aliphatic rings. The van der Waals surface area contributed by atoms with Crippen molar-refractivity contribution in [1.82, 2.24) is 15.2 Å². The van der Waals surface area contributed by atoms with E-state index in [4.69, 9.17) is 4.74 Å². The van der Waals surface area contributed by atoms with Gasteiger partial charge in [0.15, 0.2) is 0 Å². The predicted octanol–water partition coefficient (Wildman–Crippen LogP) is 3.38. The van der Waals surface area contributed by atoms with Gasteiger partial charge in [0, 0.05) is 38.7 Å². The van der Waals surface area contributed by atoms with Crippen molar-refractivity contribution in [1.29, 1.82) is 0 Å². The molecule has 1 aromatic heterocycles. The number of pyridine rings is 1. The lowest BCUT2D eigenvalue weighted by molar-refractivity contribution is -0.142. The molecule has 8 heteroatoms. The molecule has 3 rings (SSSR count). The zero-order chi connectivity index (χ0) is 24.3. The fourth-order valence-electron chi connectivity index (χ4n) is 4.17. The fraction of sp³-hybridized carbons (Fsp3) is 0.462. The molecule has 0 unspecified atom stereocenters. The summed E-state index contributed by atoms with van der Waals surface area (Å²) in [6.07, 6.45) is 5.64. The van der Waals surface area contributed by atoms with Crippen LogP contribution in [0, 0.1) is 6.92 Å². The molecule has 2 N–H and O–H groups in total. The lowest BCUT2D eigenvalue weighted by Gasteiger charge is -2.32. The number of nitrogens with zero attached hydrogens (tertiary/aromatic N) is 2. The third-order valence-corrected chi connectivity index (χ3v) is 6.01. The second kappa shape index (κ2) is 12.8. The molecule has 34 heavy (non-hydrogen) atoms. The Hall–Kier alpha value is -3.26. The zero-order valence-corrected chi connectivity index (χ0v) is 20.0. The molecular formula is C26H34N4O4. The van der Waals surface area contributed by atoms with Crippen LogP contribution in [0.2, 0.25) is 0 Å². The van der Waals surface area contributed by atoms with Gasteiger partial charge in [-0.3, -0.25) is 14.4 Å². The van der Waals surface area contributed by atoms with Crippen molar-refractivity contribution in [2.45, 2.75) is 57.5 Å². The molecule has 8 nitrogen and oxygen atoms in total. The Morgan fingerprint density at radius 3 is 2.47 bits per heavy atom. The molecular weight excluding hydrogens is 432 g/mol. The first-order valence-electron chi connectivity index (χ1n) is 11.8. The highest BCUT2D eigenvalue weighted by Crippen LogP contribution is 2.25. The molecule has 0 bridgehead atoms. The van der Waals surface area contributed by atoms with Crippen LogP contribution < -0.4 is 10.6 Å². The van der Waals surface area contributed by atoms with Gasteiger partial charge in [-0.1, -0.05) is 48.7 Å². The van der Waals surface area contributed by atoms with Crippen LogP contribution in [0.3, 0.4) is 0 Å². The highest BCUT2D eigenvalue weighted by atomic mass is 16.5. The number of benzene rings is 1. The summed E-state index contributed by atoms with van der Waals surface area (Å²) >= 11 is 0. The topological polar surface area (TPSA) is 101 Å². The second-order valence-corrected chi connectivity index (χ2v) is 8.65. The molecule has 2 aromatic rings. The zero-order valence-electron chi connectivity index (χ0n) is 20.0. The van der Waals surface area contributed by atoms with Crippen LogP contribution in [0.25, 0.3) is 0 Å². The van der Waals surface area contributed by atoms with E-state index < -0.39 is 6.04 Å². The number of aryl methyl sites for hydroxylation is 1. The van der Waals surface area contributed by atoms with Crippen LogP contribution >= 0.6 is 0 Å². The largest absolute Gasteiger partial charge is 0.383 e. The normalized spacial score (nSPS) is 14.4. The minimum absolute atomic E-state index is 0.0102. The Morgan fingerprint density at radius 1 is 1.09 bits per heavy atom. The number of amides is 3. The van der Waals surface area contributed by atoms with Gasteiger partial charge in [0.05, 0.1) is 6.61 Å². The summed E-state index contributed by atoms with van der Waals surface area (Å²) in [7, 11) is 1.56. The average Bonchev–Trinajstić information content (AvgIpc) is 3.34. The number of hydrogen-bond donors (Lipinski definition) is 2. The van der Waals surface area contributed by atoms with Crippen molar-refractivity contribution in [3.63, 3.8) is 0 Å². The van der Waals surface area contributed by atoms with Gasteiger partial charge in [-0.05, 0) is 37.5 Å². The highest BCUT2D eigenvalue weighted by molar-refractivity contribution is 5.94. The Morgan fingerprint density at radius 2 is 1.82 bits per heavy atom. The first-order chi connectivity index (χ1) is 16.5. The molecule has 1 aliphatic carbocycles. The van der Waals surface area contributed by atoms with Crippen molar-refractivity contribution in [3.8, 4) is 0 Å². The third kappa shape index (κ3) is 7.38. The molecule has 0 spiro atoms. The fourth-order valence-corrected chi connectivity index (χ4v) is 4.17. The van der Waals surface area contributed by atoms with Crippen molar-refractivity contribution in [3.05, 3.63) is 59.8 Å². The number of ether oxygens (including phenoxy) is 1. The molecule has 182 valence electrons. The molecule has 1 saturated carbocycles. The molecule has 1 aromatic carbocycles. The minimum atomic E-state index is -0.789. The van der Waals surface area contributed by atoms with E-state index in [2.05, 4.69) is 15.6 Å². The van der Waals surface area contributed by atoms with Crippen molar-refractivity contribution < 1.29 is 19.1 Å². The number of anilines is 1. The predicted molar refractivity (Wildman–Crippen MR) is 130 cm³/mol. The van der Waals surface area contributed by atoms with Crippen LogP contribution in [-0.4, -0.2) is 53.9 Å². The molecule has 3 amide bonds. The van der Waals surface area contributed by atoms with Crippen LogP contribution in [0.1, 0.15) is 55.7 Å². The lowest BCUT2D eigenvalue weighted by Crippen LogP contribution is -2.47. The number of carbonyl (C=O) groups is 3. The third-order valence-electron chi connectivity index (χ3n) is 6.01. The first-order valence-corrected chi connectivity index (χ1v) is 11.8. The van der Waals surface area contributed by atoms with E-state index in [-0.39, 0.29) is 49.8 Å². The van der Waals surface area contributed by atoms with Crippen LogP contribution in [0.4, 0.5) is 5.82 Å². The van der Waals surface area contributed by atoms with Gasteiger partial charge in [-0.25, -0.2) is 4.98 Å². The number of aromatic nitrogens is 1. The molecule has 0 radical (unpaired) electrons. The lowest BCUT2D eigenvalue weighted by atomic mass is 10.0. The van der Waals surface area contributed by atoms with Crippen LogP contribution in [0.5, 0.6) is 0 Å². The molecule has 1 heterocycles. The summed E-state index contributed by atoms with van der Waals surface area (Å²) in [6.45, 7) is 2.50. The Bertz CT molecular complexity index is 943. The van der Waals surface area contributed by atoms with Crippen molar-refractivity contribution in [2.75, 3.05) is 25.6 Å². The van der Waals surface area contributed by atoms with Crippen LogP contribution in [0.15, 0.2) is 48.7 Å². The molecule has 0 saturated heterocycles. The number of hydrogen-bond acceptors (Lipinski definition) is 5. The minimum Gasteiger partial charge on any atom is -0.383 e. The Balaban J connectivity index is 1.75. The van der Waals surface area contributed by atoms with Crippen LogP contribution in [-0.2, 0) is 19.1 Å². The van der Waals surface area contributed by atoms with Gasteiger partial charge < -0.3 is 20.3 Å². The van der Waals surface area contributed by atoms with Crippen molar-refractivity contribution in [2.24, 2.45) is 0 Å². The molecule has 1 atom stereocenters. The highest BCUT2D eigenvalue weighted by Gasteiger charge is 2.33. The maximum atomic E-state index is 13.4. The first kappa shape index (κ1) is 25.4. The number of rotatable bonds is 11. The van der Waals surface area contributed by atoms with Gasteiger partial charge >= 0.3 is 0 Å². The molecule has 0 aliphatic heterocycles. The summed E-state index contributed by atoms with van der Waals surface area (Å²) in [6, 6.07) is 12.2. The summed E-state index contributed by atoms with van der Waals surface area (Å²) in [4.78, 5) is 44.7. The second-order valence-electron chi connectivity index (χ2n) is 8.65. The van der Waals surface area contributed by atoms with E-state index in [1.165, 1.54) is 4.90 Å². The summed E-state index contributed by atoms with van der Waals surface area (Å²) in [5.74, 6) is -0.343. The number of carbonyl (C=O) groups excluding carboxylic acids is 3. The average molecular weight is 467 g/mol. The number of methoxy groups -OCH3 is 1. The van der Waals surface area contributed by atoms with E-state index in [0.717, 1.165) is 36.8 Å². The standard InChI is InChI=1S/C26H34N4O4/c1-19-10-12-20(13-11-19)25(26(33)28-21-7-3-4-8-21)30(17-18-34-2)24(32)15-14-23(31)29-22-9-5-6-16-27-22/h5-6,9-13,16,21,25H,3-4,7-8,14-15,17-18H2,1-2H3,(H,28,33)(H,27,29,31)/t25-/m1/s1. The van der Waals surface area contributed by atoms with Gasteiger partial charge in [-0.2, -0.15) is 0 Å². The monoisotopic (exact) mass is 466 g/mol. The summed E-state index contributed by atoms with van der Waals surface area (Å²) < 4.78 is 5.23. The van der Waals surface area contributed by atoms with E-state index in [1.807, 2.05) is 31.2 Å². The van der Waals surface area contributed by atoms with Gasteiger partial charge in [0.1, 0.15) is 11.9 Å². The summed E-state index contributed by atoms with van der Waals surface area (Å²) in [5.41, 5.74) is 1.81. The maximum absolute atomic E-state index is 13.4. The summed E-state index contributed by atoms with van der Waals surface area (Å²) in [5, 5.41) is 5.83.